The molecule has 1 atom stereocenters. The van der Waals surface area contributed by atoms with Crippen LogP contribution in [0.5, 0.6) is 0 Å². The summed E-state index contributed by atoms with van der Waals surface area (Å²) in [7, 11) is 0. The van der Waals surface area contributed by atoms with Crippen molar-refractivity contribution in [2.45, 2.75) is 26.3 Å². The Hall–Kier alpha value is -2.62. The number of hydrogen-bond acceptors (Lipinski definition) is 2. The first-order valence-electron chi connectivity index (χ1n) is 8.29. The molecular formula is C20H22N2O2. The summed E-state index contributed by atoms with van der Waals surface area (Å²) in [5, 5.41) is 0. The van der Waals surface area contributed by atoms with Crippen LogP contribution in [0.2, 0.25) is 0 Å². The first-order valence-corrected chi connectivity index (χ1v) is 8.29. The Morgan fingerprint density at radius 1 is 1.12 bits per heavy atom. The first-order chi connectivity index (χ1) is 11.6. The fourth-order valence-electron chi connectivity index (χ4n) is 3.40. The van der Waals surface area contributed by atoms with E-state index < -0.39 is 5.91 Å². The van der Waals surface area contributed by atoms with E-state index in [1.54, 1.807) is 6.07 Å². The van der Waals surface area contributed by atoms with E-state index in [-0.39, 0.29) is 11.8 Å². The molecule has 1 heterocycles. The molecule has 4 nitrogen and oxygen atoms in total. The van der Waals surface area contributed by atoms with E-state index in [1.807, 2.05) is 42.2 Å². The molecule has 2 aromatic carbocycles. The summed E-state index contributed by atoms with van der Waals surface area (Å²) in [6.07, 6.45) is 1.42. The maximum Gasteiger partial charge on any atom is 0.248 e. The third kappa shape index (κ3) is 3.32. The molecule has 1 aliphatic heterocycles. The lowest BCUT2D eigenvalue weighted by Crippen LogP contribution is -2.40. The van der Waals surface area contributed by atoms with Crippen LogP contribution in [0.4, 0.5) is 0 Å². The summed E-state index contributed by atoms with van der Waals surface area (Å²) in [4.78, 5) is 26.2. The largest absolute Gasteiger partial charge is 0.366 e. The van der Waals surface area contributed by atoms with E-state index in [9.17, 15) is 9.59 Å². The molecule has 0 saturated heterocycles. The molecule has 2 amide bonds. The lowest BCUT2D eigenvalue weighted by molar-refractivity contribution is -0.135. The lowest BCUT2D eigenvalue weighted by Gasteiger charge is -2.31. The van der Waals surface area contributed by atoms with Crippen molar-refractivity contribution >= 4 is 11.8 Å². The summed E-state index contributed by atoms with van der Waals surface area (Å²) in [5.41, 5.74) is 9.22. The van der Waals surface area contributed by atoms with E-state index in [0.29, 0.717) is 25.1 Å². The zero-order chi connectivity index (χ0) is 17.1. The van der Waals surface area contributed by atoms with Crippen molar-refractivity contribution in [1.29, 1.82) is 0 Å². The highest BCUT2D eigenvalue weighted by molar-refractivity contribution is 5.94. The molecule has 2 N–H and O–H groups in total. The van der Waals surface area contributed by atoms with E-state index in [1.165, 1.54) is 5.56 Å². The predicted octanol–water partition coefficient (Wildman–Crippen LogP) is 2.55. The second-order valence-electron chi connectivity index (χ2n) is 6.41. The van der Waals surface area contributed by atoms with Gasteiger partial charge in [-0.05, 0) is 35.6 Å². The Bertz CT molecular complexity index is 755. The monoisotopic (exact) mass is 322 g/mol. The van der Waals surface area contributed by atoms with Crippen molar-refractivity contribution in [3.05, 3.63) is 70.8 Å². The third-order valence-corrected chi connectivity index (χ3v) is 4.65. The maximum absolute atomic E-state index is 12.8. The van der Waals surface area contributed by atoms with Gasteiger partial charge < -0.3 is 10.6 Å². The molecule has 1 aliphatic rings. The minimum Gasteiger partial charge on any atom is -0.366 e. The van der Waals surface area contributed by atoms with Crippen molar-refractivity contribution in [1.82, 2.24) is 4.90 Å². The van der Waals surface area contributed by atoms with E-state index in [2.05, 4.69) is 12.1 Å². The number of rotatable bonds is 4. The average molecular weight is 322 g/mol. The second-order valence-corrected chi connectivity index (χ2v) is 6.41. The first kappa shape index (κ1) is 16.2. The molecule has 0 aliphatic carbocycles. The van der Waals surface area contributed by atoms with Crippen molar-refractivity contribution in [3.63, 3.8) is 0 Å². The fraction of sp³-hybridized carbons (Fsp3) is 0.300. The molecular weight excluding hydrogens is 300 g/mol. The van der Waals surface area contributed by atoms with Gasteiger partial charge in [-0.15, -0.1) is 0 Å². The van der Waals surface area contributed by atoms with Gasteiger partial charge in [0.2, 0.25) is 11.8 Å². The van der Waals surface area contributed by atoms with Gasteiger partial charge in [0.25, 0.3) is 0 Å². The van der Waals surface area contributed by atoms with E-state index >= 15 is 0 Å². The Labute approximate surface area is 142 Å². The minimum atomic E-state index is -0.399. The van der Waals surface area contributed by atoms with Crippen LogP contribution in [0.25, 0.3) is 0 Å². The molecule has 124 valence electrons. The van der Waals surface area contributed by atoms with Gasteiger partial charge in [-0.3, -0.25) is 9.59 Å². The number of nitrogens with zero attached hydrogens (tertiary/aromatic N) is 1. The highest BCUT2D eigenvalue weighted by atomic mass is 16.2. The fourth-order valence-corrected chi connectivity index (χ4v) is 3.40. The smallest absolute Gasteiger partial charge is 0.248 e. The van der Waals surface area contributed by atoms with Crippen molar-refractivity contribution in [2.24, 2.45) is 11.7 Å². The van der Waals surface area contributed by atoms with E-state index in [0.717, 1.165) is 17.5 Å². The molecule has 3 rings (SSSR count). The predicted molar refractivity (Wildman–Crippen MR) is 93.4 cm³/mol. The highest BCUT2D eigenvalue weighted by Crippen LogP contribution is 2.24. The number of amides is 2. The van der Waals surface area contributed by atoms with Crippen LogP contribution in [-0.4, -0.2) is 23.3 Å². The molecule has 0 saturated carbocycles. The van der Waals surface area contributed by atoms with Crippen LogP contribution < -0.4 is 5.73 Å². The molecule has 4 heteroatoms. The van der Waals surface area contributed by atoms with Crippen LogP contribution in [0.15, 0.2) is 48.5 Å². The highest BCUT2D eigenvalue weighted by Gasteiger charge is 2.26. The number of carbonyl (C=O) groups excluding carboxylic acids is 2. The zero-order valence-corrected chi connectivity index (χ0v) is 13.9. The summed E-state index contributed by atoms with van der Waals surface area (Å²) in [5.74, 6) is -0.300. The third-order valence-electron chi connectivity index (χ3n) is 4.65. The molecule has 0 aromatic heterocycles. The van der Waals surface area contributed by atoms with Gasteiger partial charge >= 0.3 is 0 Å². The van der Waals surface area contributed by atoms with Crippen molar-refractivity contribution in [2.75, 3.05) is 6.54 Å². The summed E-state index contributed by atoms with van der Waals surface area (Å²) < 4.78 is 0. The maximum atomic E-state index is 12.8. The van der Waals surface area contributed by atoms with Crippen molar-refractivity contribution in [3.8, 4) is 0 Å². The summed E-state index contributed by atoms with van der Waals surface area (Å²) in [6.45, 7) is 3.16. The molecule has 0 unspecified atom stereocenters. The lowest BCUT2D eigenvalue weighted by atomic mass is 9.92. The summed E-state index contributed by atoms with van der Waals surface area (Å²) in [6, 6.07) is 15.6. The second kappa shape index (κ2) is 6.87. The molecule has 0 radical (unpaired) electrons. The number of fused-ring (bicyclic) bond motifs is 1. The van der Waals surface area contributed by atoms with Gasteiger partial charge in [0.05, 0.1) is 0 Å². The van der Waals surface area contributed by atoms with Crippen LogP contribution in [-0.2, 0) is 24.2 Å². The molecule has 0 bridgehead atoms. The van der Waals surface area contributed by atoms with E-state index in [4.69, 9.17) is 5.73 Å². The van der Waals surface area contributed by atoms with Gasteiger partial charge in [0.1, 0.15) is 0 Å². The Kier molecular flexibility index (Phi) is 4.65. The van der Waals surface area contributed by atoms with Crippen LogP contribution in [0.1, 0.15) is 34.0 Å². The van der Waals surface area contributed by atoms with Gasteiger partial charge in [0, 0.05) is 24.6 Å². The van der Waals surface area contributed by atoms with Crippen molar-refractivity contribution < 1.29 is 9.59 Å². The quantitative estimate of drug-likeness (QED) is 0.940. The number of primary amides is 1. The van der Waals surface area contributed by atoms with Crippen LogP contribution in [0.3, 0.4) is 0 Å². The van der Waals surface area contributed by atoms with Gasteiger partial charge in [-0.25, -0.2) is 0 Å². The molecule has 0 spiro atoms. The number of benzene rings is 2. The number of carbonyl (C=O) groups is 2. The van der Waals surface area contributed by atoms with Gasteiger partial charge in [-0.1, -0.05) is 49.4 Å². The topological polar surface area (TPSA) is 63.4 Å². The number of nitrogens with two attached hydrogens (primary N) is 1. The summed E-state index contributed by atoms with van der Waals surface area (Å²) >= 11 is 0. The normalized spacial score (nSPS) is 14.8. The van der Waals surface area contributed by atoms with Crippen LogP contribution >= 0.6 is 0 Å². The standard InChI is InChI=1S/C20H22N2O2/c1-14(12-15-6-3-2-4-7-15)20(24)22-11-10-17-16(13-22)8-5-9-18(17)19(21)23/h2-9,14H,10-13H2,1H3,(H2,21,23)/t14-/m1/s1. The Morgan fingerprint density at radius 3 is 2.58 bits per heavy atom. The zero-order valence-electron chi connectivity index (χ0n) is 13.9. The Balaban J connectivity index is 1.72. The SMILES string of the molecule is C[C@H](Cc1ccccc1)C(=O)N1CCc2c(cccc2C(N)=O)C1. The average Bonchev–Trinajstić information content (AvgIpc) is 2.60. The molecule has 0 fully saturated rings. The minimum absolute atomic E-state index is 0.0618. The van der Waals surface area contributed by atoms with Crippen LogP contribution in [0, 0.1) is 5.92 Å². The van der Waals surface area contributed by atoms with Gasteiger partial charge in [0.15, 0.2) is 0 Å². The molecule has 2 aromatic rings. The number of hydrogen-bond donors (Lipinski definition) is 1. The molecule has 24 heavy (non-hydrogen) atoms. The Morgan fingerprint density at radius 2 is 1.88 bits per heavy atom. The van der Waals surface area contributed by atoms with Gasteiger partial charge in [-0.2, -0.15) is 0 Å².